The van der Waals surface area contributed by atoms with Gasteiger partial charge in [-0.15, -0.1) is 0 Å². The fourth-order valence-electron chi connectivity index (χ4n) is 1.94. The second-order valence-corrected chi connectivity index (χ2v) is 4.64. The minimum absolute atomic E-state index is 0. The van der Waals surface area contributed by atoms with Crippen LogP contribution in [0.4, 0.5) is 0 Å². The Bertz CT molecular complexity index is 265. The number of rotatable bonds is 10. The van der Waals surface area contributed by atoms with Gasteiger partial charge < -0.3 is 4.74 Å². The van der Waals surface area contributed by atoms with Gasteiger partial charge in [-0.2, -0.15) is 0 Å². The Morgan fingerprint density at radius 2 is 1.26 bits per heavy atom. The van der Waals surface area contributed by atoms with Crippen LogP contribution in [0.25, 0.3) is 0 Å². The first-order chi connectivity index (χ1) is 8.43. The van der Waals surface area contributed by atoms with Crippen LogP contribution in [0.3, 0.4) is 0 Å². The molecule has 0 radical (unpaired) electrons. The number of hydrogen-bond donors (Lipinski definition) is 0. The summed E-state index contributed by atoms with van der Waals surface area (Å²) in [5.41, 5.74) is 0. The van der Waals surface area contributed by atoms with Crippen molar-refractivity contribution in [2.75, 3.05) is 6.61 Å². The molecule has 1 rings (SSSR count). The zero-order valence-corrected chi connectivity index (χ0v) is 11.2. The molecule has 0 heterocycles. The van der Waals surface area contributed by atoms with Gasteiger partial charge in [0.1, 0.15) is 5.75 Å². The van der Waals surface area contributed by atoms with Gasteiger partial charge >= 0.3 is 59.1 Å². The van der Waals surface area contributed by atoms with E-state index in [0.29, 0.717) is 0 Å². The van der Waals surface area contributed by atoms with Crippen LogP contribution in [0.15, 0.2) is 30.3 Å². The number of unbranched alkanes of at least 4 members (excludes halogenated alkanes) is 7. The topological polar surface area (TPSA) is 9.23 Å². The molecular weight excluding hydrogens is 254 g/mol. The van der Waals surface area contributed by atoms with Crippen molar-refractivity contribution in [3.8, 4) is 5.75 Å². The molecule has 0 fully saturated rings. The van der Waals surface area contributed by atoms with E-state index in [9.17, 15) is 0 Å². The number of hydrogen-bond acceptors (Lipinski definition) is 1. The van der Waals surface area contributed by atoms with Crippen LogP contribution in [-0.2, 0) is 0 Å². The summed E-state index contributed by atoms with van der Waals surface area (Å²) in [5, 5.41) is 0. The zero-order valence-electron chi connectivity index (χ0n) is 11.2. The third kappa shape index (κ3) is 13.7. The van der Waals surface area contributed by atoms with Crippen molar-refractivity contribution in [2.45, 2.75) is 58.3 Å². The van der Waals surface area contributed by atoms with E-state index in [1.807, 2.05) is 30.3 Å². The Morgan fingerprint density at radius 3 is 1.84 bits per heavy atom. The molecule has 100 valence electrons. The van der Waals surface area contributed by atoms with E-state index in [4.69, 9.17) is 4.74 Å². The van der Waals surface area contributed by atoms with E-state index in [-0.39, 0.29) is 59.1 Å². The van der Waals surface area contributed by atoms with E-state index in [1.165, 1.54) is 51.4 Å². The van der Waals surface area contributed by atoms with Crippen molar-refractivity contribution >= 4 is 59.1 Å². The molecule has 0 atom stereocenters. The van der Waals surface area contributed by atoms with Gasteiger partial charge in [-0.3, -0.25) is 0 Å². The summed E-state index contributed by atoms with van der Waals surface area (Å²) in [6.07, 6.45) is 10.8. The molecule has 1 aromatic rings. The maximum atomic E-state index is 5.65. The van der Waals surface area contributed by atoms with Crippen LogP contribution in [-0.4, -0.2) is 65.7 Å². The summed E-state index contributed by atoms with van der Waals surface area (Å²) in [4.78, 5) is 0. The van der Waals surface area contributed by atoms with Crippen LogP contribution in [0.2, 0.25) is 0 Å². The molecule has 0 aliphatic carbocycles. The van der Waals surface area contributed by atoms with E-state index in [2.05, 4.69) is 6.92 Å². The monoisotopic (exact) mass is 282 g/mol. The molecule has 0 amide bonds. The molecule has 0 saturated carbocycles. The Balaban J connectivity index is 0. The van der Waals surface area contributed by atoms with E-state index < -0.39 is 0 Å². The van der Waals surface area contributed by atoms with Crippen LogP contribution in [0, 0.1) is 0 Å². The minimum atomic E-state index is 0. The number of ether oxygens (including phenoxy) is 1. The first kappa shape index (κ1) is 22.3. The SMILES string of the molecule is CCCCCCCCCCOc1ccccc1.[NaH].[NaH]. The van der Waals surface area contributed by atoms with Crippen molar-refractivity contribution in [3.63, 3.8) is 0 Å². The fourth-order valence-corrected chi connectivity index (χ4v) is 1.94. The quantitative estimate of drug-likeness (QED) is 0.467. The molecule has 0 aromatic heterocycles. The van der Waals surface area contributed by atoms with E-state index in [0.717, 1.165) is 12.4 Å². The Kier molecular flexibility index (Phi) is 20.0. The maximum absolute atomic E-state index is 5.65. The second kappa shape index (κ2) is 17.1. The van der Waals surface area contributed by atoms with Crippen LogP contribution >= 0.6 is 0 Å². The molecular formula is C16H28Na2O. The first-order valence-corrected chi connectivity index (χ1v) is 7.11. The predicted molar refractivity (Wildman–Crippen MR) is 88.8 cm³/mol. The first-order valence-electron chi connectivity index (χ1n) is 7.11. The Labute approximate surface area is 163 Å². The molecule has 3 heteroatoms. The molecule has 1 nitrogen and oxygen atoms in total. The Hall–Kier alpha value is 1.02. The van der Waals surface area contributed by atoms with Gasteiger partial charge in [0.2, 0.25) is 0 Å². The third-order valence-corrected chi connectivity index (χ3v) is 3.01. The van der Waals surface area contributed by atoms with E-state index >= 15 is 0 Å². The fraction of sp³-hybridized carbons (Fsp3) is 0.625. The summed E-state index contributed by atoms with van der Waals surface area (Å²) < 4.78 is 5.65. The van der Waals surface area contributed by atoms with Gasteiger partial charge in [-0.25, -0.2) is 0 Å². The zero-order chi connectivity index (χ0) is 12.2. The van der Waals surface area contributed by atoms with Crippen LogP contribution < -0.4 is 4.74 Å². The molecule has 0 spiro atoms. The van der Waals surface area contributed by atoms with Gasteiger partial charge in [0.15, 0.2) is 0 Å². The van der Waals surface area contributed by atoms with Gasteiger partial charge in [0.05, 0.1) is 6.61 Å². The molecule has 0 saturated heterocycles. The standard InChI is InChI=1S/C16H26O.2Na.2H/c1-2-3-4-5-6-7-8-12-15-17-16-13-10-9-11-14-16;;;;/h9-11,13-14H,2-8,12,15H2,1H3;;;;. The molecule has 0 N–H and O–H groups in total. The van der Waals surface area contributed by atoms with Gasteiger partial charge in [-0.05, 0) is 18.6 Å². The summed E-state index contributed by atoms with van der Waals surface area (Å²) in [6.45, 7) is 3.12. The van der Waals surface area contributed by atoms with Gasteiger partial charge in [-0.1, -0.05) is 70.1 Å². The summed E-state index contributed by atoms with van der Waals surface area (Å²) in [7, 11) is 0. The normalized spacial score (nSPS) is 9.32. The van der Waals surface area contributed by atoms with Crippen LogP contribution in [0.5, 0.6) is 5.75 Å². The van der Waals surface area contributed by atoms with Crippen molar-refractivity contribution in [3.05, 3.63) is 30.3 Å². The van der Waals surface area contributed by atoms with E-state index in [1.54, 1.807) is 0 Å². The average Bonchev–Trinajstić information content (AvgIpc) is 2.38. The average molecular weight is 282 g/mol. The van der Waals surface area contributed by atoms with Crippen LogP contribution in [0.1, 0.15) is 58.3 Å². The second-order valence-electron chi connectivity index (χ2n) is 4.64. The summed E-state index contributed by atoms with van der Waals surface area (Å²) in [6, 6.07) is 10.1. The van der Waals surface area contributed by atoms with Crippen molar-refractivity contribution < 1.29 is 4.74 Å². The molecule has 19 heavy (non-hydrogen) atoms. The number of para-hydroxylation sites is 1. The predicted octanol–water partition coefficient (Wildman–Crippen LogP) is 3.91. The van der Waals surface area contributed by atoms with Crippen molar-refractivity contribution in [2.24, 2.45) is 0 Å². The molecule has 0 bridgehead atoms. The summed E-state index contributed by atoms with van der Waals surface area (Å²) in [5.74, 6) is 0.996. The number of benzene rings is 1. The Morgan fingerprint density at radius 1 is 0.737 bits per heavy atom. The molecule has 0 aliphatic rings. The third-order valence-electron chi connectivity index (χ3n) is 3.01. The van der Waals surface area contributed by atoms with Crippen molar-refractivity contribution in [1.29, 1.82) is 0 Å². The van der Waals surface area contributed by atoms with Gasteiger partial charge in [0.25, 0.3) is 0 Å². The van der Waals surface area contributed by atoms with Gasteiger partial charge in [0, 0.05) is 0 Å². The molecule has 1 aromatic carbocycles. The summed E-state index contributed by atoms with van der Waals surface area (Å²) >= 11 is 0. The molecule has 0 unspecified atom stereocenters. The van der Waals surface area contributed by atoms with Crippen molar-refractivity contribution in [1.82, 2.24) is 0 Å². The molecule has 0 aliphatic heterocycles.